The van der Waals surface area contributed by atoms with Gasteiger partial charge in [-0.25, -0.2) is 9.97 Å². The summed E-state index contributed by atoms with van der Waals surface area (Å²) >= 11 is 1.75. The Morgan fingerprint density at radius 2 is 1.95 bits per heavy atom. The van der Waals surface area contributed by atoms with Crippen LogP contribution in [-0.2, 0) is 0 Å². The van der Waals surface area contributed by atoms with E-state index in [0.717, 1.165) is 22.6 Å². The van der Waals surface area contributed by atoms with Crippen molar-refractivity contribution in [3.63, 3.8) is 0 Å². The molecule has 2 aromatic rings. The molecular formula is C14H17N3OS. The first-order valence-electron chi connectivity index (χ1n) is 5.95. The lowest BCUT2D eigenvalue weighted by Gasteiger charge is -2.14. The normalized spacial score (nSPS) is 12.2. The summed E-state index contributed by atoms with van der Waals surface area (Å²) in [5.41, 5.74) is 8.70. The van der Waals surface area contributed by atoms with Crippen LogP contribution >= 0.6 is 11.8 Å². The van der Waals surface area contributed by atoms with Crippen LogP contribution < -0.4 is 10.5 Å². The zero-order valence-electron chi connectivity index (χ0n) is 11.3. The van der Waals surface area contributed by atoms with Gasteiger partial charge in [0.05, 0.1) is 12.8 Å². The minimum atomic E-state index is 0.294. The molecule has 0 spiro atoms. The number of nitrogen functional groups attached to an aromatic ring is 1. The number of anilines is 1. The fourth-order valence-electron chi connectivity index (χ4n) is 1.81. The van der Waals surface area contributed by atoms with Crippen LogP contribution in [0.3, 0.4) is 0 Å². The van der Waals surface area contributed by atoms with Gasteiger partial charge in [0, 0.05) is 22.6 Å². The van der Waals surface area contributed by atoms with Crippen molar-refractivity contribution >= 4 is 17.7 Å². The summed E-state index contributed by atoms with van der Waals surface area (Å²) in [4.78, 5) is 8.48. The fourth-order valence-corrected chi connectivity index (χ4v) is 2.24. The van der Waals surface area contributed by atoms with Gasteiger partial charge >= 0.3 is 0 Å². The number of rotatable bonds is 4. The van der Waals surface area contributed by atoms with Gasteiger partial charge in [-0.3, -0.25) is 0 Å². The molecular weight excluding hydrogens is 258 g/mol. The monoisotopic (exact) mass is 275 g/mol. The first-order chi connectivity index (χ1) is 9.15. The van der Waals surface area contributed by atoms with E-state index in [2.05, 4.69) is 23.1 Å². The molecule has 1 atom stereocenters. The van der Waals surface area contributed by atoms with Crippen molar-refractivity contribution in [1.82, 2.24) is 9.97 Å². The predicted molar refractivity (Wildman–Crippen MR) is 80.4 cm³/mol. The summed E-state index contributed by atoms with van der Waals surface area (Å²) in [7, 11) is 1.65. The lowest BCUT2D eigenvalue weighted by molar-refractivity contribution is 0.415. The lowest BCUT2D eigenvalue weighted by atomic mass is 10.1. The van der Waals surface area contributed by atoms with E-state index in [4.69, 9.17) is 10.5 Å². The molecule has 0 bridgehead atoms. The Hall–Kier alpha value is -1.75. The predicted octanol–water partition coefficient (Wildman–Crippen LogP) is 3.16. The van der Waals surface area contributed by atoms with Gasteiger partial charge in [-0.15, -0.1) is 0 Å². The number of aromatic nitrogens is 2. The zero-order valence-corrected chi connectivity index (χ0v) is 12.1. The lowest BCUT2D eigenvalue weighted by Crippen LogP contribution is -2.02. The molecule has 2 N–H and O–H groups in total. The van der Waals surface area contributed by atoms with E-state index in [1.807, 2.05) is 30.5 Å². The molecule has 5 heteroatoms. The molecule has 0 radical (unpaired) electrons. The Kier molecular flexibility index (Phi) is 4.27. The minimum absolute atomic E-state index is 0.294. The quantitative estimate of drug-likeness (QED) is 0.928. The number of benzene rings is 1. The third-order valence-corrected chi connectivity index (χ3v) is 3.95. The van der Waals surface area contributed by atoms with E-state index in [1.165, 1.54) is 0 Å². The average Bonchev–Trinajstić information content (AvgIpc) is 2.46. The van der Waals surface area contributed by atoms with E-state index in [-0.39, 0.29) is 0 Å². The van der Waals surface area contributed by atoms with Crippen molar-refractivity contribution in [2.75, 3.05) is 19.1 Å². The Bertz CT molecular complexity index is 557. The third kappa shape index (κ3) is 2.98. The molecule has 0 amide bonds. The van der Waals surface area contributed by atoms with Gasteiger partial charge in [-0.05, 0) is 37.4 Å². The third-order valence-electron chi connectivity index (χ3n) is 2.99. The van der Waals surface area contributed by atoms with Crippen molar-refractivity contribution in [1.29, 1.82) is 0 Å². The van der Waals surface area contributed by atoms with Crippen LogP contribution in [0.4, 0.5) is 5.95 Å². The summed E-state index contributed by atoms with van der Waals surface area (Å²) < 4.78 is 5.17. The molecule has 100 valence electrons. The highest BCUT2D eigenvalue weighted by atomic mass is 32.2. The molecule has 19 heavy (non-hydrogen) atoms. The molecule has 0 aliphatic heterocycles. The second-order valence-electron chi connectivity index (χ2n) is 4.14. The van der Waals surface area contributed by atoms with Crippen molar-refractivity contribution in [3.05, 3.63) is 36.0 Å². The van der Waals surface area contributed by atoms with Gasteiger partial charge < -0.3 is 10.5 Å². The second-order valence-corrected chi connectivity index (χ2v) is 5.32. The van der Waals surface area contributed by atoms with Crippen molar-refractivity contribution < 1.29 is 4.74 Å². The van der Waals surface area contributed by atoms with Gasteiger partial charge in [0.25, 0.3) is 0 Å². The molecule has 0 fully saturated rings. The second kappa shape index (κ2) is 5.93. The van der Waals surface area contributed by atoms with Crippen LogP contribution in [0.5, 0.6) is 5.75 Å². The van der Waals surface area contributed by atoms with Crippen LogP contribution in [0.1, 0.15) is 17.7 Å². The number of ether oxygens (including phenoxy) is 1. The van der Waals surface area contributed by atoms with Gasteiger partial charge in [0.1, 0.15) is 5.75 Å². The number of nitrogens with two attached hydrogens (primary N) is 1. The van der Waals surface area contributed by atoms with Crippen molar-refractivity contribution in [2.24, 2.45) is 0 Å². The van der Waals surface area contributed by atoms with Gasteiger partial charge in [0.2, 0.25) is 5.95 Å². The minimum Gasteiger partial charge on any atom is -0.497 e. The molecule has 0 aliphatic carbocycles. The first kappa shape index (κ1) is 13.7. The molecule has 1 aromatic carbocycles. The average molecular weight is 275 g/mol. The Morgan fingerprint density at radius 1 is 1.26 bits per heavy atom. The SMILES string of the molecule is COc1ccc(-c2nc(N)ncc2C(C)SC)cc1. The van der Waals surface area contributed by atoms with E-state index >= 15 is 0 Å². The number of nitrogens with zero attached hydrogens (tertiary/aromatic N) is 2. The summed E-state index contributed by atoms with van der Waals surface area (Å²) in [5.74, 6) is 1.12. The maximum absolute atomic E-state index is 5.71. The Labute approximate surface area is 117 Å². The molecule has 2 rings (SSSR count). The van der Waals surface area contributed by atoms with Crippen LogP contribution in [-0.4, -0.2) is 23.3 Å². The maximum atomic E-state index is 5.71. The highest BCUT2D eigenvalue weighted by Gasteiger charge is 2.14. The smallest absolute Gasteiger partial charge is 0.220 e. The highest BCUT2D eigenvalue weighted by molar-refractivity contribution is 7.98. The number of thioether (sulfide) groups is 1. The maximum Gasteiger partial charge on any atom is 0.220 e. The van der Waals surface area contributed by atoms with Crippen molar-refractivity contribution in [3.8, 4) is 17.0 Å². The fraction of sp³-hybridized carbons (Fsp3) is 0.286. The molecule has 0 saturated heterocycles. The molecule has 0 saturated carbocycles. The summed E-state index contributed by atoms with van der Waals surface area (Å²) in [6, 6.07) is 7.80. The van der Waals surface area contributed by atoms with Crippen molar-refractivity contribution in [2.45, 2.75) is 12.2 Å². The number of hydrogen-bond acceptors (Lipinski definition) is 5. The van der Waals surface area contributed by atoms with Crippen LogP contribution in [0, 0.1) is 0 Å². The van der Waals surface area contributed by atoms with Gasteiger partial charge in [-0.1, -0.05) is 0 Å². The number of methoxy groups -OCH3 is 1. The van der Waals surface area contributed by atoms with Crippen LogP contribution in [0.15, 0.2) is 30.5 Å². The van der Waals surface area contributed by atoms with Crippen LogP contribution in [0.25, 0.3) is 11.3 Å². The van der Waals surface area contributed by atoms with E-state index in [9.17, 15) is 0 Å². The molecule has 0 aliphatic rings. The summed E-state index contributed by atoms with van der Waals surface area (Å²) in [6.45, 7) is 2.13. The van der Waals surface area contributed by atoms with Gasteiger partial charge in [-0.2, -0.15) is 11.8 Å². The zero-order chi connectivity index (χ0) is 13.8. The Morgan fingerprint density at radius 3 is 2.53 bits per heavy atom. The summed E-state index contributed by atoms with van der Waals surface area (Å²) in [6.07, 6.45) is 3.88. The topological polar surface area (TPSA) is 61.0 Å². The number of hydrogen-bond donors (Lipinski definition) is 1. The largest absolute Gasteiger partial charge is 0.497 e. The molecule has 1 aromatic heterocycles. The molecule has 4 nitrogen and oxygen atoms in total. The Balaban J connectivity index is 2.49. The molecule has 1 unspecified atom stereocenters. The summed E-state index contributed by atoms with van der Waals surface area (Å²) in [5, 5.41) is 0.317. The standard InChI is InChI=1S/C14H17N3OS/c1-9(19-3)12-8-16-14(15)17-13(12)10-4-6-11(18-2)7-5-10/h4-9H,1-3H3,(H2,15,16,17). The van der Waals surface area contributed by atoms with Gasteiger partial charge in [0.15, 0.2) is 0 Å². The van der Waals surface area contributed by atoms with E-state index in [1.54, 1.807) is 18.9 Å². The highest BCUT2D eigenvalue weighted by Crippen LogP contribution is 2.33. The first-order valence-corrected chi connectivity index (χ1v) is 7.24. The van der Waals surface area contributed by atoms with Crippen LogP contribution in [0.2, 0.25) is 0 Å². The van der Waals surface area contributed by atoms with E-state index < -0.39 is 0 Å². The van der Waals surface area contributed by atoms with E-state index in [0.29, 0.717) is 11.2 Å². The molecule has 1 heterocycles.